The third-order valence-electron chi connectivity index (χ3n) is 6.75. The van der Waals surface area contributed by atoms with Gasteiger partial charge >= 0.3 is 0 Å². The lowest BCUT2D eigenvalue weighted by molar-refractivity contribution is 0.421. The Labute approximate surface area is 172 Å². The molecule has 0 aliphatic heterocycles. The van der Waals surface area contributed by atoms with Crippen molar-refractivity contribution in [1.82, 2.24) is 24.6 Å². The third kappa shape index (κ3) is 2.41. The van der Waals surface area contributed by atoms with Crippen LogP contribution in [-0.4, -0.2) is 24.6 Å². The van der Waals surface area contributed by atoms with Crippen LogP contribution in [0.4, 0.5) is 4.39 Å². The number of aromatic nitrogens is 5. The molecule has 1 fully saturated rings. The van der Waals surface area contributed by atoms with Crippen molar-refractivity contribution in [3.05, 3.63) is 81.4 Å². The van der Waals surface area contributed by atoms with E-state index in [1.807, 2.05) is 6.07 Å². The van der Waals surface area contributed by atoms with E-state index in [2.05, 4.69) is 33.7 Å². The van der Waals surface area contributed by atoms with Crippen LogP contribution in [0.1, 0.15) is 42.4 Å². The van der Waals surface area contributed by atoms with Crippen LogP contribution in [0.15, 0.2) is 53.3 Å². The first-order valence-electron chi connectivity index (χ1n) is 10.3. The second kappa shape index (κ2) is 6.32. The average molecular weight is 401 g/mol. The van der Waals surface area contributed by atoms with Gasteiger partial charge < -0.3 is 0 Å². The van der Waals surface area contributed by atoms with Gasteiger partial charge in [0.25, 0.3) is 11.3 Å². The number of hydrogen-bond donors (Lipinski definition) is 0. The maximum atomic E-state index is 13.9. The second-order valence-corrected chi connectivity index (χ2v) is 8.45. The highest BCUT2D eigenvalue weighted by molar-refractivity contribution is 5.73. The molecule has 150 valence electrons. The summed E-state index contributed by atoms with van der Waals surface area (Å²) in [5.74, 6) is 0.111. The second-order valence-electron chi connectivity index (χ2n) is 8.45. The molecule has 7 heteroatoms. The SMILES string of the molecule is O=c1c2c(n3nnnc3n1Cc1ccc(F)cc1)-c1ccccc1CC21CCCC1. The first kappa shape index (κ1) is 17.5. The lowest BCUT2D eigenvalue weighted by Gasteiger charge is -2.36. The molecule has 2 heterocycles. The largest absolute Gasteiger partial charge is 0.271 e. The topological polar surface area (TPSA) is 65.1 Å². The third-order valence-corrected chi connectivity index (χ3v) is 6.75. The molecule has 0 bridgehead atoms. The van der Waals surface area contributed by atoms with Crippen molar-refractivity contribution in [2.45, 2.75) is 44.1 Å². The molecule has 6 nitrogen and oxygen atoms in total. The highest BCUT2D eigenvalue weighted by atomic mass is 19.1. The molecule has 4 aromatic rings. The van der Waals surface area contributed by atoms with Crippen molar-refractivity contribution in [2.75, 3.05) is 0 Å². The zero-order chi connectivity index (χ0) is 20.3. The van der Waals surface area contributed by atoms with Gasteiger partial charge in [0.15, 0.2) is 0 Å². The molecule has 1 spiro atoms. The summed E-state index contributed by atoms with van der Waals surface area (Å²) in [6, 6.07) is 14.5. The number of benzene rings is 2. The summed E-state index contributed by atoms with van der Waals surface area (Å²) in [5.41, 5.74) is 4.58. The molecule has 0 N–H and O–H groups in total. The van der Waals surface area contributed by atoms with Gasteiger partial charge in [-0.3, -0.25) is 9.36 Å². The van der Waals surface area contributed by atoms with E-state index < -0.39 is 0 Å². The first-order chi connectivity index (χ1) is 14.7. The van der Waals surface area contributed by atoms with Gasteiger partial charge in [-0.25, -0.2) is 4.39 Å². The number of fused-ring (bicyclic) bond motifs is 6. The Morgan fingerprint density at radius 2 is 1.80 bits per heavy atom. The number of hydrogen-bond acceptors (Lipinski definition) is 4. The number of rotatable bonds is 2. The van der Waals surface area contributed by atoms with E-state index in [0.717, 1.165) is 54.5 Å². The number of tetrazole rings is 1. The molecule has 0 atom stereocenters. The fourth-order valence-electron chi connectivity index (χ4n) is 5.41. The quantitative estimate of drug-likeness (QED) is 0.516. The molecule has 1 saturated carbocycles. The Balaban J connectivity index is 1.67. The van der Waals surface area contributed by atoms with Gasteiger partial charge in [-0.1, -0.05) is 54.3 Å². The molecule has 30 heavy (non-hydrogen) atoms. The van der Waals surface area contributed by atoms with Crippen LogP contribution in [0.3, 0.4) is 0 Å². The van der Waals surface area contributed by atoms with Crippen molar-refractivity contribution >= 4 is 5.78 Å². The van der Waals surface area contributed by atoms with Gasteiger partial charge in [0.05, 0.1) is 17.8 Å². The van der Waals surface area contributed by atoms with Gasteiger partial charge in [-0.05, 0) is 52.9 Å². The summed E-state index contributed by atoms with van der Waals surface area (Å²) in [4.78, 5) is 13.9. The molecular weight excluding hydrogens is 381 g/mol. The van der Waals surface area contributed by atoms with Crippen LogP contribution in [0.5, 0.6) is 0 Å². The Hall–Kier alpha value is -3.35. The molecule has 2 aromatic heterocycles. The maximum absolute atomic E-state index is 13.9. The van der Waals surface area contributed by atoms with Gasteiger partial charge in [0, 0.05) is 11.0 Å². The van der Waals surface area contributed by atoms with Crippen LogP contribution in [0.2, 0.25) is 0 Å². The van der Waals surface area contributed by atoms with Gasteiger partial charge in [0.1, 0.15) is 5.82 Å². The molecule has 2 aromatic carbocycles. The highest BCUT2D eigenvalue weighted by Crippen LogP contribution is 2.50. The molecule has 6 rings (SSSR count). The Morgan fingerprint density at radius 3 is 2.60 bits per heavy atom. The molecular formula is C23H20FN5O. The van der Waals surface area contributed by atoms with Crippen molar-refractivity contribution < 1.29 is 4.39 Å². The lowest BCUT2D eigenvalue weighted by atomic mass is 9.68. The van der Waals surface area contributed by atoms with Crippen LogP contribution < -0.4 is 5.56 Å². The molecule has 2 aliphatic carbocycles. The number of halogens is 1. The van der Waals surface area contributed by atoms with E-state index in [1.54, 1.807) is 21.2 Å². The maximum Gasteiger partial charge on any atom is 0.259 e. The summed E-state index contributed by atoms with van der Waals surface area (Å²) in [7, 11) is 0. The van der Waals surface area contributed by atoms with Crippen LogP contribution in [0.25, 0.3) is 17.0 Å². The van der Waals surface area contributed by atoms with Gasteiger partial charge in [-0.2, -0.15) is 4.52 Å². The fraction of sp³-hybridized carbons (Fsp3) is 0.304. The van der Waals surface area contributed by atoms with Crippen LogP contribution >= 0.6 is 0 Å². The van der Waals surface area contributed by atoms with Gasteiger partial charge in [-0.15, -0.1) is 0 Å². The highest BCUT2D eigenvalue weighted by Gasteiger charge is 2.45. The van der Waals surface area contributed by atoms with Crippen molar-refractivity contribution in [3.63, 3.8) is 0 Å². The van der Waals surface area contributed by atoms with Gasteiger partial charge in [0.2, 0.25) is 0 Å². The van der Waals surface area contributed by atoms with E-state index in [9.17, 15) is 9.18 Å². The summed E-state index contributed by atoms with van der Waals surface area (Å²) >= 11 is 0. The van der Waals surface area contributed by atoms with Crippen molar-refractivity contribution in [3.8, 4) is 11.3 Å². The summed E-state index contributed by atoms with van der Waals surface area (Å²) < 4.78 is 16.7. The predicted octanol–water partition coefficient (Wildman–Crippen LogP) is 3.51. The standard InChI is InChI=1S/C23H20FN5O/c24-17-9-7-15(8-10-17)14-28-21(30)19-20(29-22(28)25-26-27-29)18-6-2-1-5-16(18)13-23(19)11-3-4-12-23/h1-2,5-10H,3-4,11-14H2. The number of nitrogens with zero attached hydrogens (tertiary/aromatic N) is 5. The molecule has 2 aliphatic rings. The minimum Gasteiger partial charge on any atom is -0.271 e. The van der Waals surface area contributed by atoms with E-state index >= 15 is 0 Å². The Morgan fingerprint density at radius 1 is 1.03 bits per heavy atom. The Bertz CT molecular complexity index is 1330. The fourth-order valence-corrected chi connectivity index (χ4v) is 5.41. The Kier molecular flexibility index (Phi) is 3.69. The first-order valence-corrected chi connectivity index (χ1v) is 10.3. The van der Waals surface area contributed by atoms with Crippen molar-refractivity contribution in [2.24, 2.45) is 0 Å². The van der Waals surface area contributed by atoms with E-state index in [0.29, 0.717) is 12.3 Å². The van der Waals surface area contributed by atoms with E-state index in [-0.39, 0.29) is 16.8 Å². The molecule has 0 amide bonds. The average Bonchev–Trinajstić information content (AvgIpc) is 3.42. The summed E-state index contributed by atoms with van der Waals surface area (Å²) in [5, 5.41) is 12.4. The lowest BCUT2D eigenvalue weighted by Crippen LogP contribution is -2.41. The summed E-state index contributed by atoms with van der Waals surface area (Å²) in [6.45, 7) is 0.300. The van der Waals surface area contributed by atoms with Crippen molar-refractivity contribution in [1.29, 1.82) is 0 Å². The minimum absolute atomic E-state index is 0.0342. The van der Waals surface area contributed by atoms with Crippen LogP contribution in [0, 0.1) is 5.82 Å². The zero-order valence-corrected chi connectivity index (χ0v) is 16.4. The molecule has 0 unspecified atom stereocenters. The molecule has 0 saturated heterocycles. The van der Waals surface area contributed by atoms with E-state index in [1.165, 1.54) is 17.7 Å². The monoisotopic (exact) mass is 401 g/mol. The summed E-state index contributed by atoms with van der Waals surface area (Å²) in [6.07, 6.45) is 5.09. The smallest absolute Gasteiger partial charge is 0.259 e. The predicted molar refractivity (Wildman–Crippen MR) is 110 cm³/mol. The molecule has 0 radical (unpaired) electrons. The van der Waals surface area contributed by atoms with Crippen LogP contribution in [-0.2, 0) is 18.4 Å². The normalized spacial score (nSPS) is 16.7. The minimum atomic E-state index is -0.299. The van der Waals surface area contributed by atoms with E-state index in [4.69, 9.17) is 0 Å². The zero-order valence-electron chi connectivity index (χ0n) is 16.4.